The average Bonchev–Trinajstić information content (AvgIpc) is 2.87. The lowest BCUT2D eigenvalue weighted by molar-refractivity contribution is -0.117. The summed E-state index contributed by atoms with van der Waals surface area (Å²) >= 11 is 11.7. The minimum absolute atomic E-state index is 0.108. The molecule has 0 aromatic heterocycles. The Bertz CT molecular complexity index is 460. The molecule has 1 amide bonds. The summed E-state index contributed by atoms with van der Waals surface area (Å²) in [4.78, 5) is 11.8. The summed E-state index contributed by atoms with van der Waals surface area (Å²) in [5, 5.41) is 2.83. The van der Waals surface area contributed by atoms with E-state index in [1.807, 2.05) is 24.3 Å². The Balaban J connectivity index is 2.01. The van der Waals surface area contributed by atoms with Gasteiger partial charge in [0.2, 0.25) is 5.91 Å². The van der Waals surface area contributed by atoms with Crippen LogP contribution < -0.4 is 5.32 Å². The molecule has 0 radical (unpaired) electrons. The third-order valence-electron chi connectivity index (χ3n) is 3.16. The molecule has 0 aliphatic heterocycles. The number of benzene rings is 1. The van der Waals surface area contributed by atoms with Crippen molar-refractivity contribution in [3.8, 4) is 0 Å². The van der Waals surface area contributed by atoms with E-state index in [1.54, 1.807) is 0 Å². The molecule has 4 heteroatoms. The summed E-state index contributed by atoms with van der Waals surface area (Å²) in [6.07, 6.45) is 0.530. The van der Waals surface area contributed by atoms with Gasteiger partial charge in [-0.25, -0.2) is 0 Å². The predicted octanol–water partition coefficient (Wildman–Crippen LogP) is 4.12. The molecule has 0 saturated heterocycles. The molecule has 0 spiro atoms. The monoisotopic (exact) mass is 285 g/mol. The first-order valence-corrected chi connectivity index (χ1v) is 6.75. The van der Waals surface area contributed by atoms with Crippen molar-refractivity contribution in [2.75, 3.05) is 5.32 Å². The van der Waals surface area contributed by atoms with Crippen molar-refractivity contribution in [3.63, 3.8) is 0 Å². The highest BCUT2D eigenvalue weighted by Crippen LogP contribution is 2.53. The molecular formula is C14H17Cl2NO. The van der Waals surface area contributed by atoms with E-state index in [1.165, 1.54) is 5.56 Å². The van der Waals surface area contributed by atoms with Gasteiger partial charge in [-0.3, -0.25) is 4.79 Å². The number of amides is 1. The number of nitrogens with one attached hydrogen (secondary N) is 1. The van der Waals surface area contributed by atoms with E-state index in [0.717, 1.165) is 5.69 Å². The fourth-order valence-electron chi connectivity index (χ4n) is 1.78. The summed E-state index contributed by atoms with van der Waals surface area (Å²) in [6.45, 7) is 6.46. The predicted molar refractivity (Wildman–Crippen MR) is 76.3 cm³/mol. The second kappa shape index (κ2) is 4.43. The zero-order valence-electron chi connectivity index (χ0n) is 10.8. The Morgan fingerprint density at radius 1 is 1.28 bits per heavy atom. The first-order valence-electron chi connectivity index (χ1n) is 5.99. The molecule has 1 saturated carbocycles. The van der Waals surface area contributed by atoms with Gasteiger partial charge in [0.1, 0.15) is 4.33 Å². The van der Waals surface area contributed by atoms with Crippen LogP contribution in [0.2, 0.25) is 0 Å². The standard InChI is InChI=1S/C14H17Cl2NO/c1-13(2,3)9-4-6-10(7-5-9)17-12(18)11-8-14(11,15)16/h4-7,11H,8H2,1-3H3,(H,17,18)/t11-/m0/s1. The zero-order valence-corrected chi connectivity index (χ0v) is 12.3. The highest BCUT2D eigenvalue weighted by atomic mass is 35.5. The maximum atomic E-state index is 11.8. The number of alkyl halides is 2. The highest BCUT2D eigenvalue weighted by molar-refractivity contribution is 6.52. The maximum Gasteiger partial charge on any atom is 0.230 e. The second-order valence-electron chi connectivity index (χ2n) is 5.83. The van der Waals surface area contributed by atoms with Gasteiger partial charge in [0.25, 0.3) is 0 Å². The Morgan fingerprint density at radius 2 is 1.78 bits per heavy atom. The van der Waals surface area contributed by atoms with Crippen LogP contribution in [0.1, 0.15) is 32.8 Å². The van der Waals surface area contributed by atoms with Crippen LogP contribution in [0.3, 0.4) is 0 Å². The van der Waals surface area contributed by atoms with Crippen molar-refractivity contribution in [2.45, 2.75) is 36.9 Å². The molecule has 1 aliphatic rings. The quantitative estimate of drug-likeness (QED) is 0.814. The van der Waals surface area contributed by atoms with Crippen LogP contribution in [0.4, 0.5) is 5.69 Å². The van der Waals surface area contributed by atoms with Crippen LogP contribution in [0.25, 0.3) is 0 Å². The molecule has 2 nitrogen and oxygen atoms in total. The van der Waals surface area contributed by atoms with Crippen molar-refractivity contribution in [3.05, 3.63) is 29.8 Å². The van der Waals surface area contributed by atoms with Crippen LogP contribution in [0.15, 0.2) is 24.3 Å². The molecule has 1 aliphatic carbocycles. The third-order valence-corrected chi connectivity index (χ3v) is 4.00. The lowest BCUT2D eigenvalue weighted by atomic mass is 9.87. The van der Waals surface area contributed by atoms with Gasteiger partial charge in [0, 0.05) is 5.69 Å². The van der Waals surface area contributed by atoms with Gasteiger partial charge in [-0.15, -0.1) is 23.2 Å². The van der Waals surface area contributed by atoms with Crippen molar-refractivity contribution in [2.24, 2.45) is 5.92 Å². The molecular weight excluding hydrogens is 269 g/mol. The van der Waals surface area contributed by atoms with E-state index in [2.05, 4.69) is 26.1 Å². The Morgan fingerprint density at radius 3 is 2.17 bits per heavy atom. The molecule has 1 atom stereocenters. The zero-order chi connectivity index (χ0) is 13.6. The summed E-state index contributed by atoms with van der Waals surface area (Å²) in [6, 6.07) is 7.87. The summed E-state index contributed by atoms with van der Waals surface area (Å²) in [7, 11) is 0. The van der Waals surface area contributed by atoms with Gasteiger partial charge >= 0.3 is 0 Å². The maximum absolute atomic E-state index is 11.8. The summed E-state index contributed by atoms with van der Waals surface area (Å²) < 4.78 is -0.866. The Labute approximate surface area is 118 Å². The number of hydrogen-bond acceptors (Lipinski definition) is 1. The minimum Gasteiger partial charge on any atom is -0.326 e. The highest BCUT2D eigenvalue weighted by Gasteiger charge is 2.56. The molecule has 0 unspecified atom stereocenters. The molecule has 0 heterocycles. The average molecular weight is 286 g/mol. The van der Waals surface area contributed by atoms with E-state index >= 15 is 0 Å². The Kier molecular flexibility index (Phi) is 3.37. The summed E-state index contributed by atoms with van der Waals surface area (Å²) in [5.74, 6) is -0.397. The van der Waals surface area contributed by atoms with Gasteiger partial charge in [-0.2, -0.15) is 0 Å². The van der Waals surface area contributed by atoms with Crippen LogP contribution in [0.5, 0.6) is 0 Å². The van der Waals surface area contributed by atoms with Crippen LogP contribution >= 0.6 is 23.2 Å². The van der Waals surface area contributed by atoms with Crippen molar-refractivity contribution in [1.29, 1.82) is 0 Å². The van der Waals surface area contributed by atoms with Gasteiger partial charge in [-0.1, -0.05) is 32.9 Å². The Hall–Kier alpha value is -0.730. The van der Waals surface area contributed by atoms with Gasteiger partial charge in [0.05, 0.1) is 5.92 Å². The topological polar surface area (TPSA) is 29.1 Å². The van der Waals surface area contributed by atoms with Gasteiger partial charge in [0.15, 0.2) is 0 Å². The molecule has 0 bridgehead atoms. The van der Waals surface area contributed by atoms with Crippen LogP contribution in [-0.4, -0.2) is 10.2 Å². The number of carbonyl (C=O) groups is 1. The molecule has 98 valence electrons. The fraction of sp³-hybridized carbons (Fsp3) is 0.500. The van der Waals surface area contributed by atoms with Crippen LogP contribution in [-0.2, 0) is 10.2 Å². The minimum atomic E-state index is -0.866. The van der Waals surface area contributed by atoms with Gasteiger partial charge < -0.3 is 5.32 Å². The van der Waals surface area contributed by atoms with Gasteiger partial charge in [-0.05, 0) is 29.5 Å². The third kappa shape index (κ3) is 2.99. The van der Waals surface area contributed by atoms with E-state index in [0.29, 0.717) is 6.42 Å². The smallest absolute Gasteiger partial charge is 0.230 e. The summed E-state index contributed by atoms with van der Waals surface area (Å²) in [5.41, 5.74) is 2.13. The number of anilines is 1. The first-order chi connectivity index (χ1) is 8.20. The molecule has 1 aromatic carbocycles. The lowest BCUT2D eigenvalue weighted by Gasteiger charge is -2.19. The first kappa shape index (κ1) is 13.7. The molecule has 1 fully saturated rings. The number of halogens is 2. The van der Waals surface area contributed by atoms with E-state index in [-0.39, 0.29) is 17.2 Å². The normalized spacial score (nSPS) is 21.5. The van der Waals surface area contributed by atoms with Crippen LogP contribution in [0, 0.1) is 5.92 Å². The molecule has 2 rings (SSSR count). The lowest BCUT2D eigenvalue weighted by Crippen LogP contribution is -2.17. The second-order valence-corrected chi connectivity index (χ2v) is 7.38. The fourth-order valence-corrected chi connectivity index (χ4v) is 2.29. The molecule has 1 N–H and O–H groups in total. The van der Waals surface area contributed by atoms with Crippen molar-refractivity contribution in [1.82, 2.24) is 0 Å². The van der Waals surface area contributed by atoms with Crippen molar-refractivity contribution < 1.29 is 4.79 Å². The van der Waals surface area contributed by atoms with E-state index in [4.69, 9.17) is 23.2 Å². The van der Waals surface area contributed by atoms with E-state index < -0.39 is 4.33 Å². The largest absolute Gasteiger partial charge is 0.326 e. The molecule has 1 aromatic rings. The number of rotatable bonds is 2. The number of hydrogen-bond donors (Lipinski definition) is 1. The van der Waals surface area contributed by atoms with E-state index in [9.17, 15) is 4.79 Å². The van der Waals surface area contributed by atoms with Crippen molar-refractivity contribution >= 4 is 34.8 Å². The number of carbonyl (C=O) groups excluding carboxylic acids is 1. The SMILES string of the molecule is CC(C)(C)c1ccc(NC(=O)[C@@H]2CC2(Cl)Cl)cc1. The molecule has 18 heavy (non-hydrogen) atoms.